The normalized spacial score (nSPS) is 10.5. The Morgan fingerprint density at radius 3 is 1.57 bits per heavy atom. The second-order valence-electron chi connectivity index (χ2n) is 5.30. The molecule has 23 heavy (non-hydrogen) atoms. The van der Waals surface area contributed by atoms with Gasteiger partial charge in [0.1, 0.15) is 11.6 Å². The lowest BCUT2D eigenvalue weighted by Crippen LogP contribution is -2.01. The quantitative estimate of drug-likeness (QED) is 0.613. The molecule has 0 amide bonds. The van der Waals surface area contributed by atoms with Crippen molar-refractivity contribution in [2.24, 2.45) is 0 Å². The van der Waals surface area contributed by atoms with E-state index in [0.717, 1.165) is 22.3 Å². The smallest absolute Gasteiger partial charge is 0.123 e. The fraction of sp³-hybridized carbons (Fsp3) is 0.200. The maximum absolute atomic E-state index is 13.3. The van der Waals surface area contributed by atoms with Gasteiger partial charge in [0.2, 0.25) is 0 Å². The van der Waals surface area contributed by atoms with Gasteiger partial charge in [-0.25, -0.2) is 8.78 Å². The molecule has 1 nitrogen and oxygen atoms in total. The van der Waals surface area contributed by atoms with Gasteiger partial charge in [0.15, 0.2) is 0 Å². The Morgan fingerprint density at radius 2 is 1.17 bits per heavy atom. The van der Waals surface area contributed by atoms with E-state index < -0.39 is 0 Å². The van der Waals surface area contributed by atoms with Gasteiger partial charge >= 0.3 is 0 Å². The highest BCUT2D eigenvalue weighted by Gasteiger charge is 2.06. The standard InChI is InChI=1S/C20H20F2O/c1-3-5-15-11-19(21)9-7-17(15)13-23-14-18-8-10-20(22)12-16(18)6-4-2/h3-4,7-12H,1-2,5-6,13-14H2. The first-order chi connectivity index (χ1) is 11.1. The fourth-order valence-electron chi connectivity index (χ4n) is 2.43. The van der Waals surface area contributed by atoms with E-state index in [0.29, 0.717) is 26.1 Å². The summed E-state index contributed by atoms with van der Waals surface area (Å²) in [6, 6.07) is 9.30. The van der Waals surface area contributed by atoms with Crippen LogP contribution in [0.5, 0.6) is 0 Å². The second-order valence-corrected chi connectivity index (χ2v) is 5.30. The predicted octanol–water partition coefficient (Wildman–Crippen LogP) is 5.14. The molecule has 0 aliphatic rings. The zero-order valence-electron chi connectivity index (χ0n) is 13.0. The van der Waals surface area contributed by atoms with E-state index >= 15 is 0 Å². The van der Waals surface area contributed by atoms with E-state index in [9.17, 15) is 8.78 Å². The summed E-state index contributed by atoms with van der Waals surface area (Å²) in [6.07, 6.45) is 4.66. The maximum Gasteiger partial charge on any atom is 0.123 e. The van der Waals surface area contributed by atoms with E-state index in [1.807, 2.05) is 0 Å². The third kappa shape index (κ3) is 4.86. The van der Waals surface area contributed by atoms with E-state index in [1.54, 1.807) is 24.3 Å². The average Bonchev–Trinajstić information content (AvgIpc) is 2.52. The Hall–Kier alpha value is -2.26. The number of halogens is 2. The number of benzene rings is 2. The first-order valence-electron chi connectivity index (χ1n) is 7.48. The number of ether oxygens (including phenoxy) is 1. The molecular weight excluding hydrogens is 294 g/mol. The monoisotopic (exact) mass is 314 g/mol. The SMILES string of the molecule is C=CCc1cc(F)ccc1COCc1ccc(F)cc1CC=C. The highest BCUT2D eigenvalue weighted by molar-refractivity contribution is 5.30. The van der Waals surface area contributed by atoms with Gasteiger partial charge in [0.05, 0.1) is 13.2 Å². The van der Waals surface area contributed by atoms with Gasteiger partial charge in [-0.1, -0.05) is 24.3 Å². The Morgan fingerprint density at radius 1 is 0.739 bits per heavy atom. The molecule has 0 unspecified atom stereocenters. The lowest BCUT2D eigenvalue weighted by molar-refractivity contribution is 0.106. The first-order valence-corrected chi connectivity index (χ1v) is 7.48. The van der Waals surface area contributed by atoms with Crippen molar-refractivity contribution in [2.75, 3.05) is 0 Å². The van der Waals surface area contributed by atoms with Crippen LogP contribution in [-0.2, 0) is 30.8 Å². The summed E-state index contributed by atoms with van der Waals surface area (Å²) in [7, 11) is 0. The Kier molecular flexibility index (Phi) is 6.24. The summed E-state index contributed by atoms with van der Waals surface area (Å²) >= 11 is 0. The summed E-state index contributed by atoms with van der Waals surface area (Å²) in [4.78, 5) is 0. The van der Waals surface area contributed by atoms with Crippen LogP contribution in [0.3, 0.4) is 0 Å². The highest BCUT2D eigenvalue weighted by Crippen LogP contribution is 2.17. The number of allylic oxidation sites excluding steroid dienone is 2. The third-order valence-electron chi connectivity index (χ3n) is 3.58. The van der Waals surface area contributed by atoms with Crippen molar-refractivity contribution in [1.29, 1.82) is 0 Å². The maximum atomic E-state index is 13.3. The number of hydrogen-bond donors (Lipinski definition) is 0. The summed E-state index contributed by atoms with van der Waals surface area (Å²) in [5.74, 6) is -0.533. The Balaban J connectivity index is 2.05. The van der Waals surface area contributed by atoms with E-state index in [-0.39, 0.29) is 11.6 Å². The van der Waals surface area contributed by atoms with E-state index in [4.69, 9.17) is 4.74 Å². The van der Waals surface area contributed by atoms with Gasteiger partial charge in [0, 0.05) is 0 Å². The van der Waals surface area contributed by atoms with Crippen LogP contribution < -0.4 is 0 Å². The van der Waals surface area contributed by atoms with Crippen LogP contribution in [0.2, 0.25) is 0 Å². The average molecular weight is 314 g/mol. The number of hydrogen-bond acceptors (Lipinski definition) is 1. The molecule has 2 aromatic carbocycles. The largest absolute Gasteiger partial charge is 0.372 e. The minimum Gasteiger partial charge on any atom is -0.372 e. The summed E-state index contributed by atoms with van der Waals surface area (Å²) in [5, 5.41) is 0. The van der Waals surface area contributed by atoms with Crippen LogP contribution in [0, 0.1) is 11.6 Å². The zero-order valence-corrected chi connectivity index (χ0v) is 13.0. The van der Waals surface area contributed by atoms with Crippen molar-refractivity contribution in [1.82, 2.24) is 0 Å². The first kappa shape index (κ1) is 17.1. The lowest BCUT2D eigenvalue weighted by Gasteiger charge is -2.11. The summed E-state index contributed by atoms with van der Waals surface area (Å²) in [5.41, 5.74) is 3.59. The molecule has 2 rings (SSSR count). The molecule has 0 heterocycles. The molecule has 0 spiro atoms. The highest BCUT2D eigenvalue weighted by atomic mass is 19.1. The Labute approximate surface area is 135 Å². The van der Waals surface area contributed by atoms with Crippen LogP contribution in [0.1, 0.15) is 22.3 Å². The molecule has 2 aromatic rings. The fourth-order valence-corrected chi connectivity index (χ4v) is 2.43. The van der Waals surface area contributed by atoms with Gasteiger partial charge in [-0.05, 0) is 59.4 Å². The molecular formula is C20H20F2O. The van der Waals surface area contributed by atoms with Crippen LogP contribution >= 0.6 is 0 Å². The van der Waals surface area contributed by atoms with Gasteiger partial charge in [-0.2, -0.15) is 0 Å². The van der Waals surface area contributed by atoms with Gasteiger partial charge < -0.3 is 4.74 Å². The molecule has 0 saturated carbocycles. The van der Waals surface area contributed by atoms with Crippen LogP contribution in [-0.4, -0.2) is 0 Å². The molecule has 0 N–H and O–H groups in total. The second kappa shape index (κ2) is 8.39. The molecule has 0 aromatic heterocycles. The van der Waals surface area contributed by atoms with Gasteiger partial charge in [0.25, 0.3) is 0 Å². The Bertz CT molecular complexity index is 633. The molecule has 0 aliphatic carbocycles. The molecule has 0 fully saturated rings. The molecule has 0 bridgehead atoms. The summed E-state index contributed by atoms with van der Waals surface area (Å²) in [6.45, 7) is 8.11. The minimum atomic E-state index is -0.266. The van der Waals surface area contributed by atoms with Crippen molar-refractivity contribution < 1.29 is 13.5 Å². The lowest BCUT2D eigenvalue weighted by atomic mass is 10.0. The minimum absolute atomic E-state index is 0.266. The molecule has 0 saturated heterocycles. The summed E-state index contributed by atoms with van der Waals surface area (Å²) < 4.78 is 32.4. The van der Waals surface area contributed by atoms with Crippen molar-refractivity contribution in [3.05, 3.63) is 95.6 Å². The van der Waals surface area contributed by atoms with Crippen molar-refractivity contribution >= 4 is 0 Å². The molecule has 3 heteroatoms. The van der Waals surface area contributed by atoms with Crippen LogP contribution in [0.25, 0.3) is 0 Å². The molecule has 0 atom stereocenters. The molecule has 0 aliphatic heterocycles. The zero-order chi connectivity index (χ0) is 16.7. The van der Waals surface area contributed by atoms with Crippen molar-refractivity contribution in [3.63, 3.8) is 0 Å². The van der Waals surface area contributed by atoms with E-state index in [1.165, 1.54) is 24.3 Å². The van der Waals surface area contributed by atoms with Crippen LogP contribution in [0.4, 0.5) is 8.78 Å². The topological polar surface area (TPSA) is 9.23 Å². The van der Waals surface area contributed by atoms with Gasteiger partial charge in [-0.15, -0.1) is 13.2 Å². The third-order valence-corrected chi connectivity index (χ3v) is 3.58. The number of rotatable bonds is 8. The van der Waals surface area contributed by atoms with Crippen molar-refractivity contribution in [3.8, 4) is 0 Å². The van der Waals surface area contributed by atoms with E-state index in [2.05, 4.69) is 13.2 Å². The molecule has 120 valence electrons. The predicted molar refractivity (Wildman–Crippen MR) is 89.1 cm³/mol. The van der Waals surface area contributed by atoms with Crippen molar-refractivity contribution in [2.45, 2.75) is 26.1 Å². The van der Waals surface area contributed by atoms with Crippen LogP contribution in [0.15, 0.2) is 61.7 Å². The molecule has 0 radical (unpaired) electrons. The van der Waals surface area contributed by atoms with Gasteiger partial charge in [-0.3, -0.25) is 0 Å².